The molecule has 3 rings (SSSR count). The van der Waals surface area contributed by atoms with Gasteiger partial charge in [0.15, 0.2) is 0 Å². The van der Waals surface area contributed by atoms with E-state index in [0.717, 1.165) is 19.4 Å². The summed E-state index contributed by atoms with van der Waals surface area (Å²) < 4.78 is 18.7. The Morgan fingerprint density at radius 1 is 1.38 bits per heavy atom. The number of nitrogens with zero attached hydrogens (tertiary/aromatic N) is 2. The van der Waals surface area contributed by atoms with Crippen LogP contribution in [0.25, 0.3) is 0 Å². The summed E-state index contributed by atoms with van der Waals surface area (Å²) in [6.45, 7) is 2.87. The predicted molar refractivity (Wildman–Crippen MR) is 86.5 cm³/mol. The summed E-state index contributed by atoms with van der Waals surface area (Å²) in [5.74, 6) is -0.283. The maximum atomic E-state index is 13.5. The van der Waals surface area contributed by atoms with Crippen LogP contribution in [0.5, 0.6) is 5.75 Å². The van der Waals surface area contributed by atoms with E-state index in [1.165, 1.54) is 25.3 Å². The molecule has 1 aromatic carbocycles. The van der Waals surface area contributed by atoms with Crippen molar-refractivity contribution in [2.24, 2.45) is 0 Å². The van der Waals surface area contributed by atoms with E-state index in [2.05, 4.69) is 5.32 Å². The van der Waals surface area contributed by atoms with Gasteiger partial charge in [-0.1, -0.05) is 0 Å². The molecule has 1 N–H and O–H groups in total. The second kappa shape index (κ2) is 7.17. The summed E-state index contributed by atoms with van der Waals surface area (Å²) in [6.07, 6.45) is 1.71. The first-order valence-corrected chi connectivity index (χ1v) is 8.23. The molecule has 1 unspecified atom stereocenters. The van der Waals surface area contributed by atoms with Crippen LogP contribution in [0, 0.1) is 5.82 Å². The van der Waals surface area contributed by atoms with Gasteiger partial charge in [-0.05, 0) is 31.0 Å². The first-order valence-electron chi connectivity index (χ1n) is 8.23. The van der Waals surface area contributed by atoms with Gasteiger partial charge in [-0.3, -0.25) is 9.59 Å². The van der Waals surface area contributed by atoms with Crippen LogP contribution < -0.4 is 10.1 Å². The van der Waals surface area contributed by atoms with Gasteiger partial charge in [0.05, 0.1) is 19.2 Å². The molecule has 2 amide bonds. The van der Waals surface area contributed by atoms with Crippen molar-refractivity contribution < 1.29 is 18.7 Å². The van der Waals surface area contributed by atoms with E-state index < -0.39 is 5.82 Å². The van der Waals surface area contributed by atoms with Crippen LogP contribution in [0.2, 0.25) is 0 Å². The maximum Gasteiger partial charge on any atom is 0.257 e. The Kier molecular flexibility index (Phi) is 4.99. The number of piperidine rings is 1. The summed E-state index contributed by atoms with van der Waals surface area (Å²) in [4.78, 5) is 28.4. The van der Waals surface area contributed by atoms with Gasteiger partial charge in [0, 0.05) is 32.2 Å². The summed E-state index contributed by atoms with van der Waals surface area (Å²) in [5, 5.41) is 3.05. The zero-order chi connectivity index (χ0) is 17.1. The van der Waals surface area contributed by atoms with Crippen LogP contribution in [0.1, 0.15) is 23.2 Å². The van der Waals surface area contributed by atoms with E-state index in [9.17, 15) is 14.0 Å². The second-order valence-electron chi connectivity index (χ2n) is 6.16. The minimum atomic E-state index is -0.468. The molecule has 6 nitrogen and oxygen atoms in total. The van der Waals surface area contributed by atoms with Crippen molar-refractivity contribution in [3.63, 3.8) is 0 Å². The second-order valence-corrected chi connectivity index (χ2v) is 6.16. The molecule has 1 atom stereocenters. The molecule has 0 aliphatic carbocycles. The lowest BCUT2D eigenvalue weighted by Gasteiger charge is -2.41. The molecule has 0 bridgehead atoms. The number of hydrogen-bond donors (Lipinski definition) is 1. The van der Waals surface area contributed by atoms with E-state index in [4.69, 9.17) is 4.74 Å². The molecule has 2 aliphatic rings. The molecule has 2 fully saturated rings. The van der Waals surface area contributed by atoms with Crippen molar-refractivity contribution in [2.75, 3.05) is 39.8 Å². The lowest BCUT2D eigenvalue weighted by atomic mass is 10.0. The van der Waals surface area contributed by atoms with E-state index in [1.807, 2.05) is 4.90 Å². The minimum Gasteiger partial charge on any atom is -0.496 e. The van der Waals surface area contributed by atoms with Gasteiger partial charge in [0.1, 0.15) is 11.6 Å². The van der Waals surface area contributed by atoms with Gasteiger partial charge in [0.2, 0.25) is 5.91 Å². The highest BCUT2D eigenvalue weighted by Crippen LogP contribution is 2.24. The van der Waals surface area contributed by atoms with Gasteiger partial charge in [-0.25, -0.2) is 4.39 Å². The number of carbonyl (C=O) groups is 2. The highest BCUT2D eigenvalue weighted by Gasteiger charge is 2.32. The molecule has 7 heteroatoms. The molecule has 130 valence electrons. The number of benzene rings is 1. The van der Waals surface area contributed by atoms with Crippen LogP contribution in [0.4, 0.5) is 4.39 Å². The number of carbonyl (C=O) groups excluding carboxylic acids is 2. The van der Waals surface area contributed by atoms with Gasteiger partial charge in [-0.2, -0.15) is 0 Å². The Balaban J connectivity index is 1.76. The number of amides is 2. The van der Waals surface area contributed by atoms with E-state index >= 15 is 0 Å². The van der Waals surface area contributed by atoms with Crippen LogP contribution in [-0.2, 0) is 4.79 Å². The van der Waals surface area contributed by atoms with Gasteiger partial charge in [0.25, 0.3) is 5.91 Å². The average molecular weight is 335 g/mol. The van der Waals surface area contributed by atoms with E-state index in [-0.39, 0.29) is 23.4 Å². The first-order chi connectivity index (χ1) is 11.6. The molecular weight excluding hydrogens is 313 g/mol. The maximum absolute atomic E-state index is 13.5. The summed E-state index contributed by atoms with van der Waals surface area (Å²) in [7, 11) is 1.46. The quantitative estimate of drug-likeness (QED) is 0.890. The minimum absolute atomic E-state index is 0.0249. The first kappa shape index (κ1) is 16.7. The van der Waals surface area contributed by atoms with E-state index in [1.54, 1.807) is 4.90 Å². The predicted octanol–water partition coefficient (Wildman–Crippen LogP) is 0.871. The highest BCUT2D eigenvalue weighted by atomic mass is 19.1. The summed E-state index contributed by atoms with van der Waals surface area (Å²) in [5.41, 5.74) is 0.227. The van der Waals surface area contributed by atoms with Crippen molar-refractivity contribution in [1.82, 2.24) is 15.1 Å². The largest absolute Gasteiger partial charge is 0.496 e. The molecule has 24 heavy (non-hydrogen) atoms. The molecule has 0 aromatic heterocycles. The SMILES string of the molecule is COc1ccc(F)cc1C(=O)N1CCCC(N2CCNCC2=O)C1. The molecule has 2 aliphatic heterocycles. The highest BCUT2D eigenvalue weighted by molar-refractivity contribution is 5.97. The average Bonchev–Trinajstić information content (AvgIpc) is 2.61. The number of methoxy groups -OCH3 is 1. The lowest BCUT2D eigenvalue weighted by Crippen LogP contribution is -2.57. The fourth-order valence-electron chi connectivity index (χ4n) is 3.42. The zero-order valence-electron chi connectivity index (χ0n) is 13.8. The van der Waals surface area contributed by atoms with Crippen LogP contribution in [0.3, 0.4) is 0 Å². The third kappa shape index (κ3) is 3.36. The third-order valence-electron chi connectivity index (χ3n) is 4.64. The number of ether oxygens (including phenoxy) is 1. The Bertz CT molecular complexity index is 638. The number of hydrogen-bond acceptors (Lipinski definition) is 4. The number of likely N-dealkylation sites (tertiary alicyclic amines) is 1. The number of piperazine rings is 1. The van der Waals surface area contributed by atoms with Crippen molar-refractivity contribution in [3.05, 3.63) is 29.6 Å². The number of nitrogens with one attached hydrogen (secondary N) is 1. The van der Waals surface area contributed by atoms with E-state index in [0.29, 0.717) is 31.9 Å². The third-order valence-corrected chi connectivity index (χ3v) is 4.64. The van der Waals surface area contributed by atoms with Crippen molar-refractivity contribution in [2.45, 2.75) is 18.9 Å². The zero-order valence-corrected chi connectivity index (χ0v) is 13.8. The van der Waals surface area contributed by atoms with Crippen molar-refractivity contribution >= 4 is 11.8 Å². The molecule has 0 spiro atoms. The molecular formula is C17H22FN3O3. The monoisotopic (exact) mass is 335 g/mol. The van der Waals surface area contributed by atoms with Gasteiger partial charge in [-0.15, -0.1) is 0 Å². The van der Waals surface area contributed by atoms with Crippen molar-refractivity contribution in [1.29, 1.82) is 0 Å². The molecule has 0 saturated carbocycles. The lowest BCUT2D eigenvalue weighted by molar-refractivity contribution is -0.135. The smallest absolute Gasteiger partial charge is 0.257 e. The normalized spacial score (nSPS) is 21.8. The Morgan fingerprint density at radius 3 is 2.96 bits per heavy atom. The Labute approximate surface area is 140 Å². The van der Waals surface area contributed by atoms with Crippen molar-refractivity contribution in [3.8, 4) is 5.75 Å². The standard InChI is InChI=1S/C17H22FN3O3/c1-24-15-5-4-12(18)9-14(15)17(23)20-7-2-3-13(11-20)21-8-6-19-10-16(21)22/h4-5,9,13,19H,2-3,6-8,10-11H2,1H3. The Hall–Kier alpha value is -2.15. The van der Waals surface area contributed by atoms with Gasteiger partial charge >= 0.3 is 0 Å². The Morgan fingerprint density at radius 2 is 2.21 bits per heavy atom. The molecule has 2 heterocycles. The van der Waals surface area contributed by atoms with Crippen LogP contribution in [0.15, 0.2) is 18.2 Å². The topological polar surface area (TPSA) is 61.9 Å². The fourth-order valence-corrected chi connectivity index (χ4v) is 3.42. The molecule has 0 radical (unpaired) electrons. The molecule has 1 aromatic rings. The summed E-state index contributed by atoms with van der Waals surface area (Å²) >= 11 is 0. The summed E-state index contributed by atoms with van der Waals surface area (Å²) in [6, 6.07) is 3.97. The fraction of sp³-hybridized carbons (Fsp3) is 0.529. The van der Waals surface area contributed by atoms with Crippen LogP contribution >= 0.6 is 0 Å². The number of halogens is 1. The molecule has 2 saturated heterocycles. The van der Waals surface area contributed by atoms with Crippen LogP contribution in [-0.4, -0.2) is 67.5 Å². The number of rotatable bonds is 3. The van der Waals surface area contributed by atoms with Gasteiger partial charge < -0.3 is 19.9 Å².